The molecule has 1 amide bonds. The number of aliphatic hydroxyl groups excluding tert-OH is 1. The molecule has 0 saturated heterocycles. The van der Waals surface area contributed by atoms with Gasteiger partial charge in [-0.05, 0) is 19.9 Å². The normalized spacial score (nSPS) is 11.2. The number of benzene rings is 1. The minimum absolute atomic E-state index is 0.0317. The molecule has 2 rings (SSSR count). The number of carbonyl (C=O) groups excluding carboxylic acids is 1. The third-order valence-electron chi connectivity index (χ3n) is 3.05. The van der Waals surface area contributed by atoms with Crippen molar-refractivity contribution in [3.8, 4) is 0 Å². The number of thiophene rings is 1. The molecule has 3 N–H and O–H groups in total. The molecule has 1 aromatic carbocycles. The van der Waals surface area contributed by atoms with Crippen molar-refractivity contribution in [2.45, 2.75) is 19.9 Å². The SMILES string of the molecule is CC(C)N(CCO)C(=O)c1sc2ccccc2c1N. The van der Waals surface area contributed by atoms with Crippen molar-refractivity contribution >= 4 is 33.0 Å². The highest BCUT2D eigenvalue weighted by molar-refractivity contribution is 7.21. The zero-order valence-electron chi connectivity index (χ0n) is 11.1. The Morgan fingerprint density at radius 3 is 2.68 bits per heavy atom. The van der Waals surface area contributed by atoms with Gasteiger partial charge in [-0.3, -0.25) is 4.79 Å². The Bertz CT molecular complexity index is 592. The van der Waals surface area contributed by atoms with Gasteiger partial charge in [0.2, 0.25) is 0 Å². The van der Waals surface area contributed by atoms with Gasteiger partial charge in [0.05, 0.1) is 12.3 Å². The summed E-state index contributed by atoms with van der Waals surface area (Å²) in [4.78, 5) is 14.7. The van der Waals surface area contributed by atoms with Crippen molar-refractivity contribution in [1.82, 2.24) is 4.90 Å². The number of hydrogen-bond acceptors (Lipinski definition) is 4. The second-order valence-electron chi connectivity index (χ2n) is 4.66. The molecule has 4 nitrogen and oxygen atoms in total. The molecule has 102 valence electrons. The van der Waals surface area contributed by atoms with Crippen LogP contribution in [0.5, 0.6) is 0 Å². The Kier molecular flexibility index (Phi) is 4.07. The summed E-state index contributed by atoms with van der Waals surface area (Å²) in [5, 5.41) is 9.99. The molecule has 5 heteroatoms. The van der Waals surface area contributed by atoms with Crippen LogP contribution < -0.4 is 5.73 Å². The molecule has 0 aliphatic rings. The molecular weight excluding hydrogens is 260 g/mol. The largest absolute Gasteiger partial charge is 0.397 e. The molecule has 2 aromatic rings. The van der Waals surface area contributed by atoms with Gasteiger partial charge in [-0.2, -0.15) is 0 Å². The number of aliphatic hydroxyl groups is 1. The van der Waals surface area contributed by atoms with Crippen LogP contribution in [0, 0.1) is 0 Å². The summed E-state index contributed by atoms with van der Waals surface area (Å²) in [6, 6.07) is 7.75. The van der Waals surface area contributed by atoms with Crippen LogP contribution in [0.1, 0.15) is 23.5 Å². The van der Waals surface area contributed by atoms with E-state index in [2.05, 4.69) is 0 Å². The van der Waals surface area contributed by atoms with E-state index in [9.17, 15) is 4.79 Å². The van der Waals surface area contributed by atoms with Crippen molar-refractivity contribution in [2.24, 2.45) is 0 Å². The topological polar surface area (TPSA) is 66.6 Å². The van der Waals surface area contributed by atoms with Gasteiger partial charge in [-0.1, -0.05) is 18.2 Å². The number of nitrogens with two attached hydrogens (primary N) is 1. The van der Waals surface area contributed by atoms with Gasteiger partial charge in [-0.15, -0.1) is 11.3 Å². The van der Waals surface area contributed by atoms with E-state index in [0.717, 1.165) is 10.1 Å². The Balaban J connectivity index is 2.43. The van der Waals surface area contributed by atoms with E-state index in [4.69, 9.17) is 10.8 Å². The van der Waals surface area contributed by atoms with Gasteiger partial charge in [-0.25, -0.2) is 0 Å². The Hall–Kier alpha value is -1.59. The number of anilines is 1. The van der Waals surface area contributed by atoms with Crippen molar-refractivity contribution in [1.29, 1.82) is 0 Å². The molecular formula is C14H18N2O2S. The van der Waals surface area contributed by atoms with Gasteiger partial charge in [0.25, 0.3) is 5.91 Å². The van der Waals surface area contributed by atoms with E-state index in [-0.39, 0.29) is 18.6 Å². The molecule has 0 fully saturated rings. The highest BCUT2D eigenvalue weighted by Gasteiger charge is 2.23. The van der Waals surface area contributed by atoms with Crippen LogP contribution >= 0.6 is 11.3 Å². The summed E-state index contributed by atoms with van der Waals surface area (Å²) in [6.45, 7) is 4.13. The van der Waals surface area contributed by atoms with Crippen LogP contribution in [0.2, 0.25) is 0 Å². The molecule has 0 aliphatic carbocycles. The van der Waals surface area contributed by atoms with Crippen LogP contribution in [-0.2, 0) is 0 Å². The molecule has 0 bridgehead atoms. The van der Waals surface area contributed by atoms with Gasteiger partial charge in [0.15, 0.2) is 0 Å². The number of rotatable bonds is 4. The molecule has 0 atom stereocenters. The Morgan fingerprint density at radius 2 is 2.11 bits per heavy atom. The van der Waals surface area contributed by atoms with Crippen LogP contribution in [0.25, 0.3) is 10.1 Å². The summed E-state index contributed by atoms with van der Waals surface area (Å²) in [7, 11) is 0. The monoisotopic (exact) mass is 278 g/mol. The van der Waals surface area contributed by atoms with E-state index in [1.807, 2.05) is 38.1 Å². The number of amides is 1. The maximum atomic E-state index is 12.5. The summed E-state index contributed by atoms with van der Waals surface area (Å²) >= 11 is 1.41. The van der Waals surface area contributed by atoms with Gasteiger partial charge < -0.3 is 15.7 Å². The number of nitrogen functional groups attached to an aromatic ring is 1. The third kappa shape index (κ3) is 2.57. The third-order valence-corrected chi connectivity index (χ3v) is 4.23. The number of hydrogen-bond donors (Lipinski definition) is 2. The van der Waals surface area contributed by atoms with E-state index in [0.29, 0.717) is 17.1 Å². The maximum absolute atomic E-state index is 12.5. The van der Waals surface area contributed by atoms with E-state index in [1.54, 1.807) is 4.90 Å². The molecule has 0 saturated carbocycles. The van der Waals surface area contributed by atoms with E-state index in [1.165, 1.54) is 11.3 Å². The fourth-order valence-electron chi connectivity index (χ4n) is 2.06. The average molecular weight is 278 g/mol. The number of fused-ring (bicyclic) bond motifs is 1. The van der Waals surface area contributed by atoms with E-state index >= 15 is 0 Å². The summed E-state index contributed by atoms with van der Waals surface area (Å²) in [5.74, 6) is -0.109. The molecule has 0 radical (unpaired) electrons. The first-order chi connectivity index (χ1) is 9.06. The minimum atomic E-state index is -0.109. The number of nitrogens with zero attached hydrogens (tertiary/aromatic N) is 1. The fraction of sp³-hybridized carbons (Fsp3) is 0.357. The predicted molar refractivity (Wildman–Crippen MR) is 79.5 cm³/mol. The van der Waals surface area contributed by atoms with Gasteiger partial charge in [0, 0.05) is 22.7 Å². The lowest BCUT2D eigenvalue weighted by molar-refractivity contribution is 0.0671. The highest BCUT2D eigenvalue weighted by atomic mass is 32.1. The second kappa shape index (κ2) is 5.59. The zero-order valence-corrected chi connectivity index (χ0v) is 11.9. The maximum Gasteiger partial charge on any atom is 0.266 e. The standard InChI is InChI=1S/C14H18N2O2S/c1-9(2)16(7-8-17)14(18)13-12(15)10-5-3-4-6-11(10)19-13/h3-6,9,17H,7-8,15H2,1-2H3. The first-order valence-electron chi connectivity index (χ1n) is 6.25. The van der Waals surface area contributed by atoms with Crippen molar-refractivity contribution in [2.75, 3.05) is 18.9 Å². The van der Waals surface area contributed by atoms with Crippen molar-refractivity contribution in [3.63, 3.8) is 0 Å². The van der Waals surface area contributed by atoms with Crippen LogP contribution in [0.15, 0.2) is 24.3 Å². The van der Waals surface area contributed by atoms with Crippen LogP contribution in [0.4, 0.5) is 5.69 Å². The van der Waals surface area contributed by atoms with Crippen molar-refractivity contribution in [3.05, 3.63) is 29.1 Å². The molecule has 0 aliphatic heterocycles. The first kappa shape index (κ1) is 13.8. The molecule has 0 unspecified atom stereocenters. The quantitative estimate of drug-likeness (QED) is 0.902. The van der Waals surface area contributed by atoms with Crippen LogP contribution in [0.3, 0.4) is 0 Å². The molecule has 0 spiro atoms. The fourth-order valence-corrected chi connectivity index (χ4v) is 3.14. The van der Waals surface area contributed by atoms with Crippen molar-refractivity contribution < 1.29 is 9.90 Å². The predicted octanol–water partition coefficient (Wildman–Crippen LogP) is 2.33. The highest BCUT2D eigenvalue weighted by Crippen LogP contribution is 2.34. The second-order valence-corrected chi connectivity index (χ2v) is 5.71. The number of carbonyl (C=O) groups is 1. The lowest BCUT2D eigenvalue weighted by Crippen LogP contribution is -2.38. The minimum Gasteiger partial charge on any atom is -0.397 e. The van der Waals surface area contributed by atoms with Gasteiger partial charge >= 0.3 is 0 Å². The zero-order chi connectivity index (χ0) is 14.0. The Morgan fingerprint density at radius 1 is 1.42 bits per heavy atom. The summed E-state index contributed by atoms with van der Waals surface area (Å²) in [6.07, 6.45) is 0. The first-order valence-corrected chi connectivity index (χ1v) is 7.06. The summed E-state index contributed by atoms with van der Waals surface area (Å²) < 4.78 is 1.01. The molecule has 19 heavy (non-hydrogen) atoms. The molecule has 1 heterocycles. The molecule has 1 aromatic heterocycles. The van der Waals surface area contributed by atoms with Gasteiger partial charge in [0.1, 0.15) is 4.88 Å². The van der Waals surface area contributed by atoms with E-state index < -0.39 is 0 Å². The summed E-state index contributed by atoms with van der Waals surface area (Å²) in [5.41, 5.74) is 6.61. The van der Waals surface area contributed by atoms with Crippen LogP contribution in [-0.4, -0.2) is 35.1 Å². The smallest absolute Gasteiger partial charge is 0.266 e. The average Bonchev–Trinajstić information content (AvgIpc) is 2.73. The Labute approximate surface area is 116 Å². The lowest BCUT2D eigenvalue weighted by atomic mass is 10.2. The lowest BCUT2D eigenvalue weighted by Gasteiger charge is -2.25.